The number of hydrogen-bond donors (Lipinski definition) is 1. The number of hydrogen-bond acceptors (Lipinski definition) is 3. The van der Waals surface area contributed by atoms with Gasteiger partial charge in [-0.05, 0) is 24.3 Å². The van der Waals surface area contributed by atoms with Gasteiger partial charge in [0.2, 0.25) is 0 Å². The Morgan fingerprint density at radius 3 is 2.60 bits per heavy atom. The van der Waals surface area contributed by atoms with Crippen LogP contribution in [0, 0.1) is 0 Å². The molecule has 0 radical (unpaired) electrons. The average molecular weight is 293 g/mol. The molecule has 5 nitrogen and oxygen atoms in total. The van der Waals surface area contributed by atoms with Crippen molar-refractivity contribution in [3.8, 4) is 0 Å². The molecule has 1 amide bonds. The number of nitrogens with zero attached hydrogens (tertiary/aromatic N) is 1. The molecule has 0 bridgehead atoms. The lowest BCUT2D eigenvalue weighted by Crippen LogP contribution is -2.12. The molecule has 0 atom stereocenters. The van der Waals surface area contributed by atoms with E-state index in [-0.39, 0.29) is 5.91 Å². The summed E-state index contributed by atoms with van der Waals surface area (Å²) in [5.41, 5.74) is 1.19. The minimum Gasteiger partial charge on any atom is -0.465 e. The minimum absolute atomic E-state index is 0.297. The first-order valence-electron chi connectivity index (χ1n) is 5.82. The zero-order chi connectivity index (χ0) is 14.7. The van der Waals surface area contributed by atoms with Gasteiger partial charge in [-0.3, -0.25) is 4.79 Å². The summed E-state index contributed by atoms with van der Waals surface area (Å²) in [6, 6.07) is 6.24. The van der Waals surface area contributed by atoms with Crippen LogP contribution in [-0.4, -0.2) is 23.6 Å². The van der Waals surface area contributed by atoms with Crippen LogP contribution in [0.5, 0.6) is 0 Å². The molecule has 6 heteroatoms. The van der Waals surface area contributed by atoms with Gasteiger partial charge in [-0.2, -0.15) is 0 Å². The maximum absolute atomic E-state index is 12.0. The number of aryl methyl sites for hydroxylation is 1. The molecule has 0 fully saturated rings. The van der Waals surface area contributed by atoms with Gasteiger partial charge in [0.05, 0.1) is 28.9 Å². The molecular formula is C14H13ClN2O3. The van der Waals surface area contributed by atoms with Gasteiger partial charge in [-0.1, -0.05) is 11.6 Å². The van der Waals surface area contributed by atoms with Crippen LogP contribution in [-0.2, 0) is 11.8 Å². The SMILES string of the molecule is COC(=O)c1ccc(Cl)c(NC(=O)c2ccn(C)c2)c1. The Hall–Kier alpha value is -2.27. The van der Waals surface area contributed by atoms with Crippen LogP contribution >= 0.6 is 11.6 Å². The quantitative estimate of drug-likeness (QED) is 0.885. The van der Waals surface area contributed by atoms with E-state index in [1.807, 2.05) is 7.05 Å². The third-order valence-corrected chi connectivity index (χ3v) is 3.06. The smallest absolute Gasteiger partial charge is 0.337 e. The summed E-state index contributed by atoms with van der Waals surface area (Å²) in [4.78, 5) is 23.5. The molecule has 1 aromatic carbocycles. The third-order valence-electron chi connectivity index (χ3n) is 2.73. The molecule has 0 aliphatic heterocycles. The second kappa shape index (κ2) is 5.79. The lowest BCUT2D eigenvalue weighted by Gasteiger charge is -2.08. The van der Waals surface area contributed by atoms with Crippen LogP contribution in [0.4, 0.5) is 5.69 Å². The number of amides is 1. The van der Waals surface area contributed by atoms with Crippen molar-refractivity contribution in [1.82, 2.24) is 4.57 Å². The number of nitrogens with one attached hydrogen (secondary N) is 1. The Morgan fingerprint density at radius 1 is 1.25 bits per heavy atom. The average Bonchev–Trinajstić information content (AvgIpc) is 2.87. The Labute approximate surface area is 121 Å². The van der Waals surface area contributed by atoms with Crippen molar-refractivity contribution in [3.05, 3.63) is 52.8 Å². The van der Waals surface area contributed by atoms with Gasteiger partial charge in [0.15, 0.2) is 0 Å². The van der Waals surface area contributed by atoms with Crippen LogP contribution < -0.4 is 5.32 Å². The van der Waals surface area contributed by atoms with Crippen LogP contribution in [0.1, 0.15) is 20.7 Å². The maximum Gasteiger partial charge on any atom is 0.337 e. The van der Waals surface area contributed by atoms with Gasteiger partial charge in [0.25, 0.3) is 5.91 Å². The normalized spacial score (nSPS) is 10.2. The Morgan fingerprint density at radius 2 is 2.00 bits per heavy atom. The van der Waals surface area contributed by atoms with Gasteiger partial charge in [0.1, 0.15) is 0 Å². The van der Waals surface area contributed by atoms with Crippen LogP contribution in [0.25, 0.3) is 0 Å². The van der Waals surface area contributed by atoms with Crippen molar-refractivity contribution in [3.63, 3.8) is 0 Å². The lowest BCUT2D eigenvalue weighted by molar-refractivity contribution is 0.0600. The van der Waals surface area contributed by atoms with E-state index in [2.05, 4.69) is 10.1 Å². The molecule has 0 saturated heterocycles. The number of anilines is 1. The summed E-state index contributed by atoms with van der Waals surface area (Å²) in [5, 5.41) is 3.02. The highest BCUT2D eigenvalue weighted by Crippen LogP contribution is 2.24. The highest BCUT2D eigenvalue weighted by atomic mass is 35.5. The summed E-state index contributed by atoms with van der Waals surface area (Å²) >= 11 is 6.01. The van der Waals surface area contributed by atoms with Gasteiger partial charge in [0, 0.05) is 19.4 Å². The first kappa shape index (κ1) is 14.1. The van der Waals surface area contributed by atoms with Crippen molar-refractivity contribution in [1.29, 1.82) is 0 Å². The number of benzene rings is 1. The van der Waals surface area contributed by atoms with Gasteiger partial charge >= 0.3 is 5.97 Å². The highest BCUT2D eigenvalue weighted by molar-refractivity contribution is 6.34. The monoisotopic (exact) mass is 292 g/mol. The number of halogens is 1. The van der Waals surface area contributed by atoms with Gasteiger partial charge in [-0.25, -0.2) is 4.79 Å². The molecule has 2 rings (SSSR count). The van der Waals surface area contributed by atoms with E-state index in [1.54, 1.807) is 23.0 Å². The van der Waals surface area contributed by atoms with Gasteiger partial charge in [-0.15, -0.1) is 0 Å². The second-order valence-electron chi connectivity index (χ2n) is 4.21. The predicted octanol–water partition coefficient (Wildman–Crippen LogP) is 2.72. The molecule has 2 aromatic rings. The molecule has 0 unspecified atom stereocenters. The first-order chi connectivity index (χ1) is 9.51. The van der Waals surface area contributed by atoms with Crippen molar-refractivity contribution in [2.75, 3.05) is 12.4 Å². The van der Waals surface area contributed by atoms with E-state index in [0.29, 0.717) is 21.8 Å². The molecule has 0 aliphatic carbocycles. The van der Waals surface area contributed by atoms with Crippen molar-refractivity contribution < 1.29 is 14.3 Å². The molecule has 104 valence electrons. The largest absolute Gasteiger partial charge is 0.465 e. The molecule has 1 heterocycles. The standard InChI is InChI=1S/C14H13ClN2O3/c1-17-6-5-10(8-17)13(18)16-12-7-9(14(19)20-2)3-4-11(12)15/h3-8H,1-2H3,(H,16,18). The Kier molecular flexibility index (Phi) is 4.10. The highest BCUT2D eigenvalue weighted by Gasteiger charge is 2.12. The van der Waals surface area contributed by atoms with Crippen molar-refractivity contribution in [2.24, 2.45) is 7.05 Å². The fourth-order valence-corrected chi connectivity index (χ4v) is 1.86. The zero-order valence-corrected chi connectivity index (χ0v) is 11.8. The van der Waals surface area contributed by atoms with Crippen LogP contribution in [0.3, 0.4) is 0 Å². The molecule has 1 aromatic heterocycles. The number of ether oxygens (including phenoxy) is 1. The van der Waals surface area contributed by atoms with E-state index < -0.39 is 5.97 Å². The number of methoxy groups -OCH3 is 1. The molecule has 0 saturated carbocycles. The summed E-state index contributed by atoms with van der Waals surface area (Å²) in [7, 11) is 3.11. The zero-order valence-electron chi connectivity index (χ0n) is 11.0. The number of carbonyl (C=O) groups excluding carboxylic acids is 2. The summed E-state index contributed by atoms with van der Waals surface area (Å²) in [5.74, 6) is -0.786. The van der Waals surface area contributed by atoms with Crippen molar-refractivity contribution >= 4 is 29.2 Å². The molecule has 1 N–H and O–H groups in total. The van der Waals surface area contributed by atoms with Crippen LogP contribution in [0.15, 0.2) is 36.7 Å². The summed E-state index contributed by atoms with van der Waals surface area (Å²) in [6.45, 7) is 0. The molecule has 0 aliphatic rings. The number of aromatic nitrogens is 1. The Bertz CT molecular complexity index is 664. The summed E-state index contributed by atoms with van der Waals surface area (Å²) < 4.78 is 6.39. The van der Waals surface area contributed by atoms with Crippen molar-refractivity contribution in [2.45, 2.75) is 0 Å². The molecular weight excluding hydrogens is 280 g/mol. The molecule has 20 heavy (non-hydrogen) atoms. The lowest BCUT2D eigenvalue weighted by atomic mass is 10.2. The Balaban J connectivity index is 2.24. The molecule has 0 spiro atoms. The van der Waals surface area contributed by atoms with E-state index in [4.69, 9.17) is 11.6 Å². The minimum atomic E-state index is -0.489. The first-order valence-corrected chi connectivity index (χ1v) is 6.20. The number of esters is 1. The topological polar surface area (TPSA) is 60.3 Å². The van der Waals surface area contributed by atoms with E-state index in [1.165, 1.54) is 25.3 Å². The third kappa shape index (κ3) is 3.00. The van der Waals surface area contributed by atoms with Crippen LogP contribution in [0.2, 0.25) is 5.02 Å². The predicted molar refractivity (Wildman–Crippen MR) is 76.2 cm³/mol. The van der Waals surface area contributed by atoms with E-state index in [0.717, 1.165) is 0 Å². The van der Waals surface area contributed by atoms with E-state index >= 15 is 0 Å². The fraction of sp³-hybridized carbons (Fsp3) is 0.143. The number of rotatable bonds is 3. The fourth-order valence-electron chi connectivity index (χ4n) is 1.70. The maximum atomic E-state index is 12.0. The summed E-state index contributed by atoms with van der Waals surface area (Å²) in [6.07, 6.45) is 3.45. The second-order valence-corrected chi connectivity index (χ2v) is 4.61. The van der Waals surface area contributed by atoms with E-state index in [9.17, 15) is 9.59 Å². The van der Waals surface area contributed by atoms with Gasteiger partial charge < -0.3 is 14.6 Å². The number of carbonyl (C=O) groups is 2.